The van der Waals surface area contributed by atoms with Crippen molar-refractivity contribution in [1.82, 2.24) is 5.32 Å². The quantitative estimate of drug-likeness (QED) is 0.552. The van der Waals surface area contributed by atoms with Crippen LogP contribution >= 0.6 is 0 Å². The van der Waals surface area contributed by atoms with E-state index in [0.717, 1.165) is 0 Å². The molecule has 80 valence electrons. The van der Waals surface area contributed by atoms with Crippen molar-refractivity contribution in [3.8, 4) is 0 Å². The third-order valence-corrected chi connectivity index (χ3v) is 1.56. The standard InChI is InChI=1S/C10H9NO2.C2H6/c1-3-5-7-8(6-4-2)11-10(13)9(7)12;1-2/h3-6H,1-2H2,(H,11,13);1-2H3/b7-5+,8-6+;. The number of Topliss-reactive ketones (excluding diaryl/α,β-unsaturated/α-hetero) is 1. The average molecular weight is 205 g/mol. The van der Waals surface area contributed by atoms with Gasteiger partial charge in [0.25, 0.3) is 11.7 Å². The summed E-state index contributed by atoms with van der Waals surface area (Å²) in [6.45, 7) is 10.9. The zero-order valence-corrected chi connectivity index (χ0v) is 9.04. The van der Waals surface area contributed by atoms with Crippen LogP contribution in [-0.4, -0.2) is 11.7 Å². The lowest BCUT2D eigenvalue weighted by Gasteiger charge is -1.93. The fourth-order valence-electron chi connectivity index (χ4n) is 1.02. The zero-order valence-electron chi connectivity index (χ0n) is 9.04. The molecule has 0 bridgehead atoms. The van der Waals surface area contributed by atoms with Crippen molar-refractivity contribution in [3.05, 3.63) is 48.7 Å². The maximum absolute atomic E-state index is 11.2. The summed E-state index contributed by atoms with van der Waals surface area (Å²) >= 11 is 0. The van der Waals surface area contributed by atoms with Crippen LogP contribution in [0.3, 0.4) is 0 Å². The van der Waals surface area contributed by atoms with E-state index in [9.17, 15) is 9.59 Å². The Morgan fingerprint density at radius 1 is 1.07 bits per heavy atom. The Balaban J connectivity index is 0.000000921. The van der Waals surface area contributed by atoms with Gasteiger partial charge in [0.2, 0.25) is 0 Å². The molecule has 1 aliphatic heterocycles. The molecule has 0 atom stereocenters. The summed E-state index contributed by atoms with van der Waals surface area (Å²) in [6, 6.07) is 0. The van der Waals surface area contributed by atoms with Crippen LogP contribution in [0.5, 0.6) is 0 Å². The third kappa shape index (κ3) is 3.06. The number of hydrogen-bond acceptors (Lipinski definition) is 2. The third-order valence-electron chi connectivity index (χ3n) is 1.56. The van der Waals surface area contributed by atoms with Gasteiger partial charge in [-0.2, -0.15) is 0 Å². The van der Waals surface area contributed by atoms with Crippen LogP contribution in [0.1, 0.15) is 13.8 Å². The number of amides is 1. The Kier molecular flexibility index (Phi) is 5.71. The Bertz CT molecular complexity index is 349. The van der Waals surface area contributed by atoms with Crippen LogP contribution in [0, 0.1) is 0 Å². The molecule has 1 amide bonds. The molecule has 0 radical (unpaired) electrons. The minimum absolute atomic E-state index is 0.333. The average Bonchev–Trinajstić information content (AvgIpc) is 2.50. The van der Waals surface area contributed by atoms with Gasteiger partial charge < -0.3 is 5.32 Å². The van der Waals surface area contributed by atoms with Crippen molar-refractivity contribution < 1.29 is 9.59 Å². The summed E-state index contributed by atoms with van der Waals surface area (Å²) in [4.78, 5) is 22.1. The SMILES string of the molecule is C=C/C=C1/NC(=O)C(=O)/C1=C/C=C.CC. The van der Waals surface area contributed by atoms with Gasteiger partial charge in [-0.3, -0.25) is 9.59 Å². The first kappa shape index (κ1) is 13.1. The highest BCUT2D eigenvalue weighted by Gasteiger charge is 2.29. The molecule has 0 aliphatic carbocycles. The smallest absolute Gasteiger partial charge is 0.296 e. The van der Waals surface area contributed by atoms with Crippen LogP contribution in [0.25, 0.3) is 0 Å². The highest BCUT2D eigenvalue weighted by molar-refractivity contribution is 6.47. The maximum atomic E-state index is 11.2. The van der Waals surface area contributed by atoms with Crippen molar-refractivity contribution in [2.24, 2.45) is 0 Å². The topological polar surface area (TPSA) is 46.2 Å². The second-order valence-corrected chi connectivity index (χ2v) is 2.42. The Labute approximate surface area is 89.9 Å². The van der Waals surface area contributed by atoms with Gasteiger partial charge in [-0.15, -0.1) is 0 Å². The van der Waals surface area contributed by atoms with E-state index in [4.69, 9.17) is 0 Å². The minimum atomic E-state index is -0.610. The second-order valence-electron chi connectivity index (χ2n) is 2.42. The number of allylic oxidation sites excluding steroid dienone is 5. The van der Waals surface area contributed by atoms with Gasteiger partial charge in [-0.1, -0.05) is 39.2 Å². The van der Waals surface area contributed by atoms with Crippen LogP contribution in [0.2, 0.25) is 0 Å². The van der Waals surface area contributed by atoms with Crippen molar-refractivity contribution in [3.63, 3.8) is 0 Å². The van der Waals surface area contributed by atoms with Gasteiger partial charge in [-0.25, -0.2) is 0 Å². The summed E-state index contributed by atoms with van der Waals surface area (Å²) in [5, 5.41) is 2.42. The van der Waals surface area contributed by atoms with Gasteiger partial charge in [-0.05, 0) is 12.2 Å². The first-order valence-electron chi connectivity index (χ1n) is 4.72. The predicted octanol–water partition coefficient (Wildman–Crippen LogP) is 1.89. The fraction of sp³-hybridized carbons (Fsp3) is 0.167. The summed E-state index contributed by atoms with van der Waals surface area (Å²) < 4.78 is 0. The number of rotatable bonds is 2. The molecule has 0 aromatic carbocycles. The van der Waals surface area contributed by atoms with E-state index >= 15 is 0 Å². The molecule has 0 saturated carbocycles. The molecule has 1 saturated heterocycles. The van der Waals surface area contributed by atoms with Crippen molar-refractivity contribution in [1.29, 1.82) is 0 Å². The van der Waals surface area contributed by atoms with Crippen LogP contribution in [0.4, 0.5) is 0 Å². The number of carbonyl (C=O) groups is 2. The van der Waals surface area contributed by atoms with E-state index in [1.807, 2.05) is 13.8 Å². The molecule has 0 unspecified atom stereocenters. The number of hydrogen-bond donors (Lipinski definition) is 1. The fourth-order valence-corrected chi connectivity index (χ4v) is 1.02. The minimum Gasteiger partial charge on any atom is -0.318 e. The summed E-state index contributed by atoms with van der Waals surface area (Å²) in [5.41, 5.74) is 0.810. The largest absolute Gasteiger partial charge is 0.318 e. The van der Waals surface area contributed by atoms with Crippen LogP contribution < -0.4 is 5.32 Å². The Morgan fingerprint density at radius 2 is 1.60 bits per heavy atom. The molecule has 15 heavy (non-hydrogen) atoms. The van der Waals surface area contributed by atoms with E-state index in [-0.39, 0.29) is 0 Å². The van der Waals surface area contributed by atoms with Crippen molar-refractivity contribution in [2.45, 2.75) is 13.8 Å². The molecule has 3 heteroatoms. The molecule has 1 heterocycles. The lowest BCUT2D eigenvalue weighted by molar-refractivity contribution is -0.133. The van der Waals surface area contributed by atoms with Gasteiger partial charge in [0.15, 0.2) is 0 Å². The first-order chi connectivity index (χ1) is 7.20. The molecular formula is C12H15NO2. The molecule has 1 aliphatic rings. The predicted molar refractivity (Wildman–Crippen MR) is 61.1 cm³/mol. The summed E-state index contributed by atoms with van der Waals surface area (Å²) in [5.74, 6) is -1.14. The second kappa shape index (κ2) is 6.54. The van der Waals surface area contributed by atoms with E-state index in [1.54, 1.807) is 6.08 Å². The van der Waals surface area contributed by atoms with Crippen molar-refractivity contribution >= 4 is 11.7 Å². The normalized spacial score (nSPS) is 19.6. The van der Waals surface area contributed by atoms with E-state index in [0.29, 0.717) is 11.3 Å². The molecule has 1 N–H and O–H groups in total. The van der Waals surface area contributed by atoms with Crippen molar-refractivity contribution in [2.75, 3.05) is 0 Å². The van der Waals surface area contributed by atoms with E-state index in [2.05, 4.69) is 18.5 Å². The van der Waals surface area contributed by atoms with E-state index < -0.39 is 11.7 Å². The molecule has 1 fully saturated rings. The molecule has 0 spiro atoms. The molecule has 0 aromatic rings. The number of ketones is 1. The Hall–Kier alpha value is -1.90. The van der Waals surface area contributed by atoms with Crippen LogP contribution in [0.15, 0.2) is 48.7 Å². The van der Waals surface area contributed by atoms with Gasteiger partial charge >= 0.3 is 0 Å². The van der Waals surface area contributed by atoms with Crippen LogP contribution in [-0.2, 0) is 9.59 Å². The van der Waals surface area contributed by atoms with Gasteiger partial charge in [0, 0.05) is 0 Å². The number of nitrogens with one attached hydrogen (secondary N) is 1. The summed E-state index contributed by atoms with van der Waals surface area (Å²) in [6.07, 6.45) is 6.03. The zero-order chi connectivity index (χ0) is 11.8. The highest BCUT2D eigenvalue weighted by Crippen LogP contribution is 2.15. The molecule has 1 rings (SSSR count). The lowest BCUT2D eigenvalue weighted by atomic mass is 10.1. The number of carbonyl (C=O) groups excluding carboxylic acids is 2. The highest BCUT2D eigenvalue weighted by atomic mass is 16.2. The molecular weight excluding hydrogens is 190 g/mol. The molecule has 3 nitrogen and oxygen atoms in total. The summed E-state index contributed by atoms with van der Waals surface area (Å²) in [7, 11) is 0. The Morgan fingerprint density at radius 3 is 2.07 bits per heavy atom. The lowest BCUT2D eigenvalue weighted by Crippen LogP contribution is -2.17. The van der Waals surface area contributed by atoms with Gasteiger partial charge in [0.1, 0.15) is 0 Å². The van der Waals surface area contributed by atoms with Gasteiger partial charge in [0.05, 0.1) is 11.3 Å². The first-order valence-corrected chi connectivity index (χ1v) is 4.72. The molecule has 0 aromatic heterocycles. The maximum Gasteiger partial charge on any atom is 0.296 e. The monoisotopic (exact) mass is 205 g/mol. The van der Waals surface area contributed by atoms with E-state index in [1.165, 1.54) is 18.2 Å².